The van der Waals surface area contributed by atoms with Crippen LogP contribution in [-0.2, 0) is 19.3 Å². The minimum Gasteiger partial charge on any atom is -0.0654 e. The van der Waals surface area contributed by atoms with Crippen molar-refractivity contribution in [2.75, 3.05) is 0 Å². The highest BCUT2D eigenvalue weighted by molar-refractivity contribution is 5.35. The van der Waals surface area contributed by atoms with E-state index in [1.165, 1.54) is 108 Å². The van der Waals surface area contributed by atoms with Crippen LogP contribution >= 0.6 is 0 Å². The van der Waals surface area contributed by atoms with Crippen molar-refractivity contribution in [3.8, 4) is 0 Å². The Morgan fingerprint density at radius 2 is 1.16 bits per heavy atom. The van der Waals surface area contributed by atoms with E-state index in [4.69, 9.17) is 0 Å². The second-order valence-corrected chi connectivity index (χ2v) is 7.75. The van der Waals surface area contributed by atoms with E-state index in [0.29, 0.717) is 0 Å². The third-order valence-corrected chi connectivity index (χ3v) is 5.40. The zero-order chi connectivity index (χ0) is 18.2. The maximum Gasteiger partial charge on any atom is -0.0146 e. The average molecular weight is 344 g/mol. The summed E-state index contributed by atoms with van der Waals surface area (Å²) in [6, 6.07) is 8.11. The zero-order valence-electron chi connectivity index (χ0n) is 17.5. The van der Waals surface area contributed by atoms with Gasteiger partial charge < -0.3 is 0 Å². The summed E-state index contributed by atoms with van der Waals surface area (Å²) in [7, 11) is 0. The highest BCUT2D eigenvalue weighted by atomic mass is 14.1. The molecule has 1 rings (SSSR count). The Kier molecular flexibility index (Phi) is 13.8. The van der Waals surface area contributed by atoms with Crippen LogP contribution < -0.4 is 0 Å². The van der Waals surface area contributed by atoms with Crippen LogP contribution in [0.1, 0.15) is 121 Å². The molecule has 0 heteroatoms. The Balaban J connectivity index is 2.37. The maximum atomic E-state index is 3.59. The lowest BCUT2D eigenvalue weighted by Gasteiger charge is -2.14. The molecule has 1 aromatic carbocycles. The summed E-state index contributed by atoms with van der Waals surface area (Å²) in [5, 5.41) is 0. The standard InChI is InChI=1S/C25H43/c1-4-7-10-11-12-13-14-15-16-19-24-21-17-20-23(18-8-5-2)25(24)22-9-6-3/h17,20H,4-16,18-19,22H2,1-3H3. The highest BCUT2D eigenvalue weighted by Gasteiger charge is 2.08. The molecule has 0 aliphatic heterocycles. The number of hydrogen-bond acceptors (Lipinski definition) is 0. The summed E-state index contributed by atoms with van der Waals surface area (Å²) in [5.41, 5.74) is 4.79. The van der Waals surface area contributed by atoms with Gasteiger partial charge in [0.15, 0.2) is 0 Å². The first-order chi connectivity index (χ1) is 12.3. The molecule has 143 valence electrons. The van der Waals surface area contributed by atoms with E-state index < -0.39 is 0 Å². The number of aryl methyl sites for hydroxylation is 2. The van der Waals surface area contributed by atoms with E-state index >= 15 is 0 Å². The minimum atomic E-state index is 1.24. The molecule has 0 saturated heterocycles. The SMILES string of the molecule is CCCCCCCCCCCc1[c]ccc(CCCC)c1CCCC. The van der Waals surface area contributed by atoms with E-state index in [0.717, 1.165) is 0 Å². The van der Waals surface area contributed by atoms with Gasteiger partial charge in [0.2, 0.25) is 0 Å². The summed E-state index contributed by atoms with van der Waals surface area (Å²) in [6.07, 6.45) is 21.7. The first-order valence-corrected chi connectivity index (χ1v) is 11.3. The van der Waals surface area contributed by atoms with Gasteiger partial charge in [-0.3, -0.25) is 0 Å². The molecule has 0 heterocycles. The Labute approximate surface area is 158 Å². The Hall–Kier alpha value is -0.780. The van der Waals surface area contributed by atoms with Crippen LogP contribution in [0.2, 0.25) is 0 Å². The summed E-state index contributed by atoms with van der Waals surface area (Å²) in [6.45, 7) is 6.89. The summed E-state index contributed by atoms with van der Waals surface area (Å²) >= 11 is 0. The smallest absolute Gasteiger partial charge is 0.0146 e. The summed E-state index contributed by atoms with van der Waals surface area (Å²) in [4.78, 5) is 0. The average Bonchev–Trinajstić information content (AvgIpc) is 2.64. The Morgan fingerprint density at radius 1 is 0.600 bits per heavy atom. The van der Waals surface area contributed by atoms with Crippen LogP contribution in [0.5, 0.6) is 0 Å². The van der Waals surface area contributed by atoms with Crippen LogP contribution in [0.25, 0.3) is 0 Å². The van der Waals surface area contributed by atoms with Crippen LogP contribution in [-0.4, -0.2) is 0 Å². The third-order valence-electron chi connectivity index (χ3n) is 5.40. The molecule has 0 fully saturated rings. The monoisotopic (exact) mass is 343 g/mol. The molecule has 0 amide bonds. The number of benzene rings is 1. The van der Waals surface area contributed by atoms with Gasteiger partial charge in [-0.25, -0.2) is 0 Å². The predicted octanol–water partition coefficient (Wildman–Crippen LogP) is 8.25. The molecule has 1 aromatic rings. The molecular weight excluding hydrogens is 300 g/mol. The molecule has 0 bridgehead atoms. The van der Waals surface area contributed by atoms with Crippen molar-refractivity contribution in [2.24, 2.45) is 0 Å². The van der Waals surface area contributed by atoms with Gasteiger partial charge >= 0.3 is 0 Å². The van der Waals surface area contributed by atoms with Gasteiger partial charge in [-0.15, -0.1) is 0 Å². The first-order valence-electron chi connectivity index (χ1n) is 11.3. The van der Waals surface area contributed by atoms with Gasteiger partial charge in [-0.1, -0.05) is 97.1 Å². The van der Waals surface area contributed by atoms with Gasteiger partial charge in [0, 0.05) is 0 Å². The van der Waals surface area contributed by atoms with E-state index in [-0.39, 0.29) is 0 Å². The molecule has 0 unspecified atom stereocenters. The highest BCUT2D eigenvalue weighted by Crippen LogP contribution is 2.22. The van der Waals surface area contributed by atoms with Gasteiger partial charge in [0.25, 0.3) is 0 Å². The van der Waals surface area contributed by atoms with Crippen molar-refractivity contribution in [1.29, 1.82) is 0 Å². The van der Waals surface area contributed by atoms with Crippen molar-refractivity contribution in [2.45, 2.75) is 124 Å². The van der Waals surface area contributed by atoms with Crippen molar-refractivity contribution < 1.29 is 0 Å². The number of rotatable bonds is 16. The molecule has 0 N–H and O–H groups in total. The van der Waals surface area contributed by atoms with E-state index in [1.54, 1.807) is 11.1 Å². The quantitative estimate of drug-likeness (QED) is 0.265. The number of hydrogen-bond donors (Lipinski definition) is 0. The fourth-order valence-electron chi connectivity index (χ4n) is 3.73. The van der Waals surface area contributed by atoms with Crippen LogP contribution in [0.4, 0.5) is 0 Å². The molecule has 0 aliphatic rings. The van der Waals surface area contributed by atoms with Gasteiger partial charge in [-0.2, -0.15) is 0 Å². The van der Waals surface area contributed by atoms with Crippen molar-refractivity contribution in [3.05, 3.63) is 34.9 Å². The number of unbranched alkanes of at least 4 members (excludes halogenated alkanes) is 10. The summed E-state index contributed by atoms with van der Waals surface area (Å²) < 4.78 is 0. The molecule has 25 heavy (non-hydrogen) atoms. The molecular formula is C25H43. The van der Waals surface area contributed by atoms with E-state index in [1.807, 2.05) is 0 Å². The molecule has 1 radical (unpaired) electrons. The normalized spacial score (nSPS) is 11.2. The van der Waals surface area contributed by atoms with Crippen LogP contribution in [0, 0.1) is 6.07 Å². The molecule has 0 aromatic heterocycles. The fraction of sp³-hybridized carbons (Fsp3) is 0.760. The van der Waals surface area contributed by atoms with Crippen molar-refractivity contribution in [1.82, 2.24) is 0 Å². The third kappa shape index (κ3) is 10.1. The van der Waals surface area contributed by atoms with Crippen LogP contribution in [0.15, 0.2) is 12.1 Å². The van der Waals surface area contributed by atoms with Gasteiger partial charge in [-0.05, 0) is 61.3 Å². The maximum absolute atomic E-state index is 3.59. The fourth-order valence-corrected chi connectivity index (χ4v) is 3.73. The van der Waals surface area contributed by atoms with Crippen LogP contribution in [0.3, 0.4) is 0 Å². The second kappa shape index (κ2) is 15.5. The second-order valence-electron chi connectivity index (χ2n) is 7.75. The lowest BCUT2D eigenvalue weighted by Crippen LogP contribution is -2.02. The largest absolute Gasteiger partial charge is 0.0654 e. The van der Waals surface area contributed by atoms with E-state index in [2.05, 4.69) is 39.0 Å². The molecule has 0 spiro atoms. The minimum absolute atomic E-state index is 1.24. The summed E-state index contributed by atoms with van der Waals surface area (Å²) in [5.74, 6) is 0. The van der Waals surface area contributed by atoms with E-state index in [9.17, 15) is 0 Å². The topological polar surface area (TPSA) is 0 Å². The van der Waals surface area contributed by atoms with Crippen molar-refractivity contribution >= 4 is 0 Å². The molecule has 0 nitrogen and oxygen atoms in total. The lowest BCUT2D eigenvalue weighted by atomic mass is 9.91. The lowest BCUT2D eigenvalue weighted by molar-refractivity contribution is 0.564. The molecule has 0 aliphatic carbocycles. The zero-order valence-corrected chi connectivity index (χ0v) is 17.5. The van der Waals surface area contributed by atoms with Gasteiger partial charge in [0.1, 0.15) is 0 Å². The van der Waals surface area contributed by atoms with Gasteiger partial charge in [0.05, 0.1) is 0 Å². The first kappa shape index (κ1) is 22.3. The Morgan fingerprint density at radius 3 is 1.80 bits per heavy atom. The van der Waals surface area contributed by atoms with Crippen molar-refractivity contribution in [3.63, 3.8) is 0 Å². The Bertz CT molecular complexity index is 418. The predicted molar refractivity (Wildman–Crippen MR) is 113 cm³/mol. The molecule has 0 saturated carbocycles. The molecule has 0 atom stereocenters.